The minimum Gasteiger partial charge on any atom is -0.493 e. The molecule has 22 heavy (non-hydrogen) atoms. The van der Waals surface area contributed by atoms with Crippen LogP contribution in [0.25, 0.3) is 0 Å². The van der Waals surface area contributed by atoms with E-state index in [0.29, 0.717) is 11.5 Å². The first-order chi connectivity index (χ1) is 10.5. The van der Waals surface area contributed by atoms with E-state index in [4.69, 9.17) is 20.3 Å². The Balaban J connectivity index is 2.04. The van der Waals surface area contributed by atoms with Crippen LogP contribution in [-0.4, -0.2) is 55.4 Å². The first kappa shape index (κ1) is 16.6. The minimum absolute atomic E-state index is 0.192. The number of likely N-dealkylation sites (tertiary alicyclic amines) is 1. The number of methoxy groups -OCH3 is 1. The first-order valence-electron chi connectivity index (χ1n) is 7.50. The van der Waals surface area contributed by atoms with Gasteiger partial charge in [-0.3, -0.25) is 4.79 Å². The van der Waals surface area contributed by atoms with E-state index in [0.717, 1.165) is 31.5 Å². The third-order valence-electron chi connectivity index (χ3n) is 3.96. The Morgan fingerprint density at radius 3 is 2.68 bits per heavy atom. The Bertz CT molecular complexity index is 513. The topological polar surface area (TPSA) is 85.0 Å². The summed E-state index contributed by atoms with van der Waals surface area (Å²) in [5, 5.41) is 8.88. The number of benzene rings is 1. The van der Waals surface area contributed by atoms with Gasteiger partial charge >= 0.3 is 5.97 Å². The van der Waals surface area contributed by atoms with Crippen LogP contribution >= 0.6 is 0 Å². The predicted molar refractivity (Wildman–Crippen MR) is 83.5 cm³/mol. The molecule has 3 N–H and O–H groups in total. The molecule has 0 aliphatic carbocycles. The molecule has 1 aliphatic rings. The Morgan fingerprint density at radius 1 is 1.41 bits per heavy atom. The number of ether oxygens (including phenoxy) is 2. The van der Waals surface area contributed by atoms with Gasteiger partial charge in [-0.25, -0.2) is 0 Å². The van der Waals surface area contributed by atoms with Gasteiger partial charge in [-0.05, 0) is 44.0 Å². The fourth-order valence-electron chi connectivity index (χ4n) is 2.56. The zero-order valence-corrected chi connectivity index (χ0v) is 13.1. The van der Waals surface area contributed by atoms with Crippen molar-refractivity contribution in [2.45, 2.75) is 31.4 Å². The van der Waals surface area contributed by atoms with Gasteiger partial charge in [0.15, 0.2) is 11.5 Å². The summed E-state index contributed by atoms with van der Waals surface area (Å²) in [5.41, 5.74) is 6.39. The van der Waals surface area contributed by atoms with E-state index in [2.05, 4.69) is 11.9 Å². The highest BCUT2D eigenvalue weighted by Crippen LogP contribution is 2.30. The van der Waals surface area contributed by atoms with Crippen molar-refractivity contribution in [3.05, 3.63) is 23.8 Å². The fraction of sp³-hybridized carbons (Fsp3) is 0.562. The van der Waals surface area contributed by atoms with Crippen molar-refractivity contribution in [1.29, 1.82) is 0 Å². The number of hydrogen-bond donors (Lipinski definition) is 2. The van der Waals surface area contributed by atoms with Crippen molar-refractivity contribution < 1.29 is 19.4 Å². The van der Waals surface area contributed by atoms with Gasteiger partial charge in [0, 0.05) is 13.1 Å². The molecular formula is C16H24N2O4. The summed E-state index contributed by atoms with van der Waals surface area (Å²) in [6.07, 6.45) is 2.44. The van der Waals surface area contributed by atoms with Crippen LogP contribution < -0.4 is 15.2 Å². The average Bonchev–Trinajstić information content (AvgIpc) is 2.50. The number of aliphatic carboxylic acids is 1. The van der Waals surface area contributed by atoms with Crippen LogP contribution in [0.2, 0.25) is 0 Å². The molecule has 1 saturated heterocycles. The van der Waals surface area contributed by atoms with Crippen LogP contribution in [-0.2, 0) is 11.2 Å². The summed E-state index contributed by atoms with van der Waals surface area (Å²) in [6.45, 7) is 2.05. The molecule has 1 aromatic carbocycles. The number of piperidine rings is 1. The van der Waals surface area contributed by atoms with Crippen molar-refractivity contribution in [2.24, 2.45) is 5.73 Å². The molecule has 122 valence electrons. The number of hydrogen-bond acceptors (Lipinski definition) is 5. The maximum Gasteiger partial charge on any atom is 0.320 e. The largest absolute Gasteiger partial charge is 0.493 e. The monoisotopic (exact) mass is 308 g/mol. The fourth-order valence-corrected chi connectivity index (χ4v) is 2.56. The van der Waals surface area contributed by atoms with Gasteiger partial charge < -0.3 is 25.2 Å². The van der Waals surface area contributed by atoms with Gasteiger partial charge in [0.2, 0.25) is 0 Å². The molecule has 0 saturated carbocycles. The molecule has 1 aromatic rings. The van der Waals surface area contributed by atoms with Gasteiger partial charge in [0.1, 0.15) is 12.1 Å². The lowest BCUT2D eigenvalue weighted by Gasteiger charge is -2.29. The zero-order chi connectivity index (χ0) is 16.1. The summed E-state index contributed by atoms with van der Waals surface area (Å²) in [6, 6.07) is 4.56. The molecule has 0 amide bonds. The molecule has 0 bridgehead atoms. The van der Waals surface area contributed by atoms with E-state index in [1.54, 1.807) is 13.2 Å². The molecule has 0 spiro atoms. The van der Waals surface area contributed by atoms with Crippen LogP contribution in [0.4, 0.5) is 0 Å². The number of nitrogens with two attached hydrogens (primary N) is 1. The normalized spacial score (nSPS) is 18.0. The Kier molecular flexibility index (Phi) is 5.63. The van der Waals surface area contributed by atoms with E-state index >= 15 is 0 Å². The number of rotatable bonds is 6. The van der Waals surface area contributed by atoms with Crippen molar-refractivity contribution in [3.8, 4) is 11.5 Å². The Morgan fingerprint density at radius 2 is 2.09 bits per heavy atom. The van der Waals surface area contributed by atoms with E-state index in [1.165, 1.54) is 0 Å². The summed E-state index contributed by atoms with van der Waals surface area (Å²) in [5.74, 6) is 0.310. The standard InChI is InChI=1S/C16H24N2O4/c1-18-7-5-12(6-8-18)22-14-4-3-11(10-15(14)21-2)9-13(17)16(19)20/h3-4,10,12-13H,5-9,17H2,1-2H3,(H,19,20). The van der Waals surface area contributed by atoms with Crippen molar-refractivity contribution in [2.75, 3.05) is 27.2 Å². The van der Waals surface area contributed by atoms with Crippen molar-refractivity contribution >= 4 is 5.97 Å². The Hall–Kier alpha value is -1.79. The maximum absolute atomic E-state index is 10.8. The highest BCUT2D eigenvalue weighted by Gasteiger charge is 2.20. The highest BCUT2D eigenvalue weighted by atomic mass is 16.5. The quantitative estimate of drug-likeness (QED) is 0.819. The smallest absolute Gasteiger partial charge is 0.320 e. The molecular weight excluding hydrogens is 284 g/mol. The number of carboxylic acid groups (broad SMARTS) is 1. The van der Waals surface area contributed by atoms with Crippen molar-refractivity contribution in [1.82, 2.24) is 4.90 Å². The lowest BCUT2D eigenvalue weighted by Crippen LogP contribution is -2.35. The lowest BCUT2D eigenvalue weighted by molar-refractivity contribution is -0.138. The van der Waals surface area contributed by atoms with E-state index in [1.807, 2.05) is 12.1 Å². The van der Waals surface area contributed by atoms with Crippen LogP contribution in [0.5, 0.6) is 11.5 Å². The van der Waals surface area contributed by atoms with Gasteiger partial charge in [0.05, 0.1) is 7.11 Å². The van der Waals surface area contributed by atoms with Gasteiger partial charge in [-0.15, -0.1) is 0 Å². The average molecular weight is 308 g/mol. The maximum atomic E-state index is 10.8. The second kappa shape index (κ2) is 7.47. The molecule has 1 heterocycles. The SMILES string of the molecule is COc1cc(CC(N)C(=O)O)ccc1OC1CCN(C)CC1. The zero-order valence-electron chi connectivity index (χ0n) is 13.1. The van der Waals surface area contributed by atoms with Crippen LogP contribution in [0.3, 0.4) is 0 Å². The molecule has 6 heteroatoms. The van der Waals surface area contributed by atoms with Crippen LogP contribution in [0.15, 0.2) is 18.2 Å². The Labute approximate surface area is 130 Å². The molecule has 6 nitrogen and oxygen atoms in total. The predicted octanol–water partition coefficient (Wildman–Crippen LogP) is 1.12. The first-order valence-corrected chi connectivity index (χ1v) is 7.50. The molecule has 0 aromatic heterocycles. The van der Waals surface area contributed by atoms with E-state index in [9.17, 15) is 4.79 Å². The number of nitrogens with zero attached hydrogens (tertiary/aromatic N) is 1. The summed E-state index contributed by atoms with van der Waals surface area (Å²) in [7, 11) is 3.69. The van der Waals surface area contributed by atoms with Gasteiger partial charge in [-0.2, -0.15) is 0 Å². The minimum atomic E-state index is -1.01. The molecule has 0 radical (unpaired) electrons. The molecule has 1 atom stereocenters. The highest BCUT2D eigenvalue weighted by molar-refractivity contribution is 5.73. The summed E-state index contributed by atoms with van der Waals surface area (Å²) >= 11 is 0. The van der Waals surface area contributed by atoms with Crippen LogP contribution in [0.1, 0.15) is 18.4 Å². The van der Waals surface area contributed by atoms with Crippen LogP contribution in [0, 0.1) is 0 Å². The van der Waals surface area contributed by atoms with Crippen molar-refractivity contribution in [3.63, 3.8) is 0 Å². The summed E-state index contributed by atoms with van der Waals surface area (Å²) in [4.78, 5) is 13.1. The molecule has 1 unspecified atom stereocenters. The number of carboxylic acids is 1. The molecule has 1 fully saturated rings. The van der Waals surface area contributed by atoms with Gasteiger partial charge in [-0.1, -0.05) is 6.07 Å². The molecule has 2 rings (SSSR count). The molecule has 1 aliphatic heterocycles. The second-order valence-electron chi connectivity index (χ2n) is 5.75. The lowest BCUT2D eigenvalue weighted by atomic mass is 10.1. The van der Waals surface area contributed by atoms with E-state index in [-0.39, 0.29) is 12.5 Å². The van der Waals surface area contributed by atoms with E-state index < -0.39 is 12.0 Å². The third kappa shape index (κ3) is 4.35. The third-order valence-corrected chi connectivity index (χ3v) is 3.96. The van der Waals surface area contributed by atoms with Gasteiger partial charge in [0.25, 0.3) is 0 Å². The second-order valence-corrected chi connectivity index (χ2v) is 5.75. The number of carbonyl (C=O) groups is 1. The summed E-state index contributed by atoms with van der Waals surface area (Å²) < 4.78 is 11.4.